The number of aromatic nitrogens is 1. The zero-order valence-corrected chi connectivity index (χ0v) is 17.2. The third-order valence-electron chi connectivity index (χ3n) is 6.16. The molecule has 4 rings (SSSR count). The monoisotopic (exact) mass is 378 g/mol. The number of fused-ring (bicyclic) bond motifs is 1. The number of pyridine rings is 1. The number of carbonyl (C=O) groups excluding carboxylic acids is 1. The van der Waals surface area contributed by atoms with Crippen molar-refractivity contribution in [2.45, 2.75) is 33.1 Å². The van der Waals surface area contributed by atoms with E-state index in [2.05, 4.69) is 58.9 Å². The number of piperidine rings is 1. The molecule has 148 valence electrons. The summed E-state index contributed by atoms with van der Waals surface area (Å²) < 4.78 is 0. The predicted octanol–water partition coefficient (Wildman–Crippen LogP) is 3.70. The van der Waals surface area contributed by atoms with E-state index in [0.29, 0.717) is 18.3 Å². The Bertz CT molecular complexity index is 907. The van der Waals surface area contributed by atoms with E-state index in [1.807, 2.05) is 12.3 Å². The van der Waals surface area contributed by atoms with E-state index < -0.39 is 0 Å². The van der Waals surface area contributed by atoms with Gasteiger partial charge in [0.1, 0.15) is 0 Å². The Labute approximate surface area is 167 Å². The third kappa shape index (κ3) is 3.95. The summed E-state index contributed by atoms with van der Waals surface area (Å²) in [5.74, 6) is 0.806. The molecule has 0 N–H and O–H groups in total. The largest absolute Gasteiger partial charge is 0.365 e. The summed E-state index contributed by atoms with van der Waals surface area (Å²) in [4.78, 5) is 26.4. The van der Waals surface area contributed by atoms with Crippen LogP contribution in [0.1, 0.15) is 31.7 Å². The molecule has 0 aliphatic carbocycles. The number of anilines is 1. The normalized spacial score (nSPS) is 25.0. The van der Waals surface area contributed by atoms with Gasteiger partial charge in [0.2, 0.25) is 5.91 Å². The molecule has 2 saturated heterocycles. The highest BCUT2D eigenvalue weighted by atomic mass is 16.1. The van der Waals surface area contributed by atoms with Crippen molar-refractivity contribution in [2.75, 3.05) is 38.1 Å². The van der Waals surface area contributed by atoms with Gasteiger partial charge in [-0.1, -0.05) is 13.0 Å². The van der Waals surface area contributed by atoms with E-state index in [-0.39, 0.29) is 5.91 Å². The Morgan fingerprint density at radius 2 is 2.14 bits per heavy atom. The van der Waals surface area contributed by atoms with Crippen molar-refractivity contribution in [3.05, 3.63) is 36.0 Å². The summed E-state index contributed by atoms with van der Waals surface area (Å²) in [5.41, 5.74) is 4.45. The lowest BCUT2D eigenvalue weighted by Crippen LogP contribution is -2.33. The number of carbonyl (C=O) groups is 1. The lowest BCUT2D eigenvalue weighted by molar-refractivity contribution is -0.119. The molecule has 1 aromatic carbocycles. The Morgan fingerprint density at radius 1 is 1.29 bits per heavy atom. The molecule has 0 radical (unpaired) electrons. The minimum atomic E-state index is 0.0550. The van der Waals surface area contributed by atoms with Crippen molar-refractivity contribution in [1.82, 2.24) is 9.88 Å². The Balaban J connectivity index is 1.50. The van der Waals surface area contributed by atoms with Gasteiger partial charge in [0.25, 0.3) is 0 Å². The number of hydrogen-bond acceptors (Lipinski definition) is 4. The molecule has 2 fully saturated rings. The first kappa shape index (κ1) is 19.1. The molecule has 28 heavy (non-hydrogen) atoms. The maximum absolute atomic E-state index is 12.6. The second kappa shape index (κ2) is 8.00. The maximum Gasteiger partial charge on any atom is 0.245 e. The van der Waals surface area contributed by atoms with Gasteiger partial charge in [-0.25, -0.2) is 4.99 Å². The number of aryl methyl sites for hydroxylation is 1. The zero-order valence-electron chi connectivity index (χ0n) is 17.2. The molecule has 5 heteroatoms. The second-order valence-electron chi connectivity index (χ2n) is 8.55. The van der Waals surface area contributed by atoms with E-state index in [0.717, 1.165) is 43.8 Å². The van der Waals surface area contributed by atoms with Crippen LogP contribution < -0.4 is 4.90 Å². The molecule has 0 bridgehead atoms. The van der Waals surface area contributed by atoms with Crippen LogP contribution in [-0.4, -0.2) is 54.7 Å². The number of rotatable bonds is 3. The number of benzene rings is 1. The van der Waals surface area contributed by atoms with Crippen LogP contribution in [-0.2, 0) is 4.79 Å². The van der Waals surface area contributed by atoms with E-state index in [9.17, 15) is 4.79 Å². The molecule has 0 saturated carbocycles. The second-order valence-corrected chi connectivity index (χ2v) is 8.55. The fourth-order valence-electron chi connectivity index (χ4n) is 4.65. The van der Waals surface area contributed by atoms with Gasteiger partial charge in [0.05, 0.1) is 12.1 Å². The zero-order chi connectivity index (χ0) is 19.7. The van der Waals surface area contributed by atoms with Gasteiger partial charge in [-0.05, 0) is 63.0 Å². The van der Waals surface area contributed by atoms with Gasteiger partial charge < -0.3 is 9.80 Å². The smallest absolute Gasteiger partial charge is 0.245 e. The van der Waals surface area contributed by atoms with Gasteiger partial charge in [0, 0.05) is 48.4 Å². The summed E-state index contributed by atoms with van der Waals surface area (Å²) in [5, 5.41) is 1.17. The van der Waals surface area contributed by atoms with Crippen LogP contribution in [0.5, 0.6) is 0 Å². The van der Waals surface area contributed by atoms with Gasteiger partial charge in [-0.15, -0.1) is 0 Å². The molecular formula is C23H30N4O. The molecule has 2 atom stereocenters. The van der Waals surface area contributed by atoms with Gasteiger partial charge >= 0.3 is 0 Å². The molecule has 1 aromatic heterocycles. The van der Waals surface area contributed by atoms with Crippen LogP contribution in [0.2, 0.25) is 0 Å². The highest BCUT2D eigenvalue weighted by molar-refractivity contribution is 6.03. The molecule has 2 aliphatic heterocycles. The SMILES string of the molecule is Cc1ccc(N2CC(=NC(=O)CC3CCCN(C)C3)[C@H](C)C2)c2cccnc12. The molecule has 5 nitrogen and oxygen atoms in total. The number of likely N-dealkylation sites (tertiary alicyclic amines) is 1. The predicted molar refractivity (Wildman–Crippen MR) is 115 cm³/mol. The number of hydrogen-bond donors (Lipinski definition) is 0. The first-order valence-corrected chi connectivity index (χ1v) is 10.4. The average molecular weight is 379 g/mol. The van der Waals surface area contributed by atoms with Crippen LogP contribution in [0.4, 0.5) is 5.69 Å². The average Bonchev–Trinajstić information content (AvgIpc) is 3.02. The summed E-state index contributed by atoms with van der Waals surface area (Å²) in [6.45, 7) is 8.05. The van der Waals surface area contributed by atoms with Crippen LogP contribution >= 0.6 is 0 Å². The first-order valence-electron chi connectivity index (χ1n) is 10.4. The van der Waals surface area contributed by atoms with Crippen LogP contribution in [0.15, 0.2) is 35.5 Å². The van der Waals surface area contributed by atoms with Gasteiger partial charge in [-0.3, -0.25) is 9.78 Å². The van der Waals surface area contributed by atoms with Crippen LogP contribution in [0.3, 0.4) is 0 Å². The molecule has 2 aliphatic rings. The molecule has 2 aromatic rings. The minimum absolute atomic E-state index is 0.0550. The van der Waals surface area contributed by atoms with Gasteiger partial charge in [0.15, 0.2) is 0 Å². The number of nitrogens with zero attached hydrogens (tertiary/aromatic N) is 4. The molecule has 0 spiro atoms. The minimum Gasteiger partial charge on any atom is -0.365 e. The summed E-state index contributed by atoms with van der Waals surface area (Å²) in [6.07, 6.45) is 4.76. The van der Waals surface area contributed by atoms with E-state index in [4.69, 9.17) is 0 Å². The van der Waals surface area contributed by atoms with Crippen molar-refractivity contribution in [3.63, 3.8) is 0 Å². The number of amides is 1. The topological polar surface area (TPSA) is 48.8 Å². The van der Waals surface area contributed by atoms with E-state index in [1.165, 1.54) is 23.1 Å². The first-order chi connectivity index (χ1) is 13.5. The Morgan fingerprint density at radius 3 is 2.96 bits per heavy atom. The highest BCUT2D eigenvalue weighted by Gasteiger charge is 2.28. The third-order valence-corrected chi connectivity index (χ3v) is 6.16. The molecular weight excluding hydrogens is 348 g/mol. The van der Waals surface area contributed by atoms with Crippen molar-refractivity contribution < 1.29 is 4.79 Å². The fourth-order valence-corrected chi connectivity index (χ4v) is 4.65. The maximum atomic E-state index is 12.6. The summed E-state index contributed by atoms with van der Waals surface area (Å²) >= 11 is 0. The van der Waals surface area contributed by atoms with Crippen molar-refractivity contribution in [1.29, 1.82) is 0 Å². The van der Waals surface area contributed by atoms with E-state index >= 15 is 0 Å². The molecule has 3 heterocycles. The Kier molecular flexibility index (Phi) is 5.44. The van der Waals surface area contributed by atoms with Crippen molar-refractivity contribution in [3.8, 4) is 0 Å². The molecule has 1 unspecified atom stereocenters. The lowest BCUT2D eigenvalue weighted by atomic mass is 9.95. The Hall–Kier alpha value is -2.27. The van der Waals surface area contributed by atoms with Gasteiger partial charge in [-0.2, -0.15) is 0 Å². The van der Waals surface area contributed by atoms with Crippen LogP contribution in [0, 0.1) is 18.8 Å². The fraction of sp³-hybridized carbons (Fsp3) is 0.522. The quantitative estimate of drug-likeness (QED) is 0.817. The summed E-state index contributed by atoms with van der Waals surface area (Å²) in [6, 6.07) is 8.43. The van der Waals surface area contributed by atoms with Crippen molar-refractivity contribution in [2.24, 2.45) is 16.8 Å². The number of aliphatic imine (C=N–C) groups is 1. The van der Waals surface area contributed by atoms with Crippen LogP contribution in [0.25, 0.3) is 10.9 Å². The highest BCUT2D eigenvalue weighted by Crippen LogP contribution is 2.31. The summed E-state index contributed by atoms with van der Waals surface area (Å²) in [7, 11) is 2.14. The lowest BCUT2D eigenvalue weighted by Gasteiger charge is -2.28. The molecule has 1 amide bonds. The standard InChI is InChI=1S/C23H30N4O/c1-16-8-9-21(19-7-4-10-24-23(16)19)27-13-17(2)20(15-27)25-22(28)12-18-6-5-11-26(3)14-18/h4,7-10,17-18H,5-6,11-15H2,1-3H3/t17-,18?/m1/s1. The van der Waals surface area contributed by atoms with E-state index in [1.54, 1.807) is 0 Å². The van der Waals surface area contributed by atoms with Crippen molar-refractivity contribution >= 4 is 28.2 Å².